The second kappa shape index (κ2) is 6.37. The molecule has 1 aromatic rings. The summed E-state index contributed by atoms with van der Waals surface area (Å²) in [5.41, 5.74) is -0.717. The number of carbonyl (C=O) groups is 1. The highest BCUT2D eigenvalue weighted by atomic mass is 32.1. The van der Waals surface area contributed by atoms with E-state index in [1.54, 1.807) is 18.4 Å². The van der Waals surface area contributed by atoms with Crippen molar-refractivity contribution >= 4 is 17.2 Å². The van der Waals surface area contributed by atoms with Crippen molar-refractivity contribution in [2.75, 3.05) is 20.2 Å². The van der Waals surface area contributed by atoms with Crippen LogP contribution in [0.5, 0.6) is 0 Å². The van der Waals surface area contributed by atoms with Gasteiger partial charge in [0.2, 0.25) is 0 Å². The molecule has 1 aliphatic rings. The summed E-state index contributed by atoms with van der Waals surface area (Å²) in [5, 5.41) is 16.3. The SMILES string of the molecule is COC1(C(=O)NCc2nnc(C(C)(C)C)s2)CCNCC1. The van der Waals surface area contributed by atoms with Crippen molar-refractivity contribution in [3.05, 3.63) is 10.0 Å². The molecule has 1 saturated heterocycles. The predicted octanol–water partition coefficient (Wildman–Crippen LogP) is 1.22. The summed E-state index contributed by atoms with van der Waals surface area (Å²) in [7, 11) is 1.60. The van der Waals surface area contributed by atoms with Crippen LogP contribution >= 0.6 is 11.3 Å². The Kier molecular flexibility index (Phi) is 4.95. The molecule has 2 rings (SSSR count). The molecule has 1 aliphatic heterocycles. The zero-order valence-corrected chi connectivity index (χ0v) is 14.0. The van der Waals surface area contributed by atoms with Gasteiger partial charge in [-0.05, 0) is 25.9 Å². The lowest BCUT2D eigenvalue weighted by molar-refractivity contribution is -0.146. The largest absolute Gasteiger partial charge is 0.368 e. The molecule has 0 aromatic carbocycles. The number of carbonyl (C=O) groups excluding carboxylic acids is 1. The molecule has 0 radical (unpaired) electrons. The molecule has 0 saturated carbocycles. The highest BCUT2D eigenvalue weighted by Crippen LogP contribution is 2.26. The molecule has 1 amide bonds. The Morgan fingerprint density at radius 3 is 2.57 bits per heavy atom. The third kappa shape index (κ3) is 3.78. The van der Waals surface area contributed by atoms with Crippen molar-refractivity contribution in [3.8, 4) is 0 Å². The third-order valence-electron chi connectivity index (χ3n) is 3.72. The summed E-state index contributed by atoms with van der Waals surface area (Å²) < 4.78 is 5.50. The van der Waals surface area contributed by atoms with Crippen LogP contribution in [0.25, 0.3) is 0 Å². The summed E-state index contributed by atoms with van der Waals surface area (Å²) in [6.07, 6.45) is 1.39. The monoisotopic (exact) mass is 312 g/mol. The number of hydrogen-bond acceptors (Lipinski definition) is 6. The molecule has 1 aromatic heterocycles. The van der Waals surface area contributed by atoms with E-state index in [2.05, 4.69) is 41.6 Å². The smallest absolute Gasteiger partial charge is 0.252 e. The molecule has 2 heterocycles. The van der Waals surface area contributed by atoms with Crippen LogP contribution in [0.15, 0.2) is 0 Å². The molecule has 1 fully saturated rings. The van der Waals surface area contributed by atoms with Crippen molar-refractivity contribution in [3.63, 3.8) is 0 Å². The van der Waals surface area contributed by atoms with E-state index >= 15 is 0 Å². The Morgan fingerprint density at radius 2 is 2.05 bits per heavy atom. The topological polar surface area (TPSA) is 76.1 Å². The summed E-state index contributed by atoms with van der Waals surface area (Å²) in [6, 6.07) is 0. The number of ether oxygens (including phenoxy) is 1. The summed E-state index contributed by atoms with van der Waals surface area (Å²) >= 11 is 1.54. The lowest BCUT2D eigenvalue weighted by Crippen LogP contribution is -2.53. The maximum Gasteiger partial charge on any atom is 0.252 e. The second-order valence-electron chi connectivity index (χ2n) is 6.38. The van der Waals surface area contributed by atoms with E-state index < -0.39 is 5.60 Å². The normalized spacial score (nSPS) is 18.5. The van der Waals surface area contributed by atoms with Crippen LogP contribution in [-0.2, 0) is 21.5 Å². The molecule has 7 heteroatoms. The fourth-order valence-corrected chi connectivity index (χ4v) is 3.14. The van der Waals surface area contributed by atoms with Gasteiger partial charge in [0.25, 0.3) is 5.91 Å². The third-order valence-corrected chi connectivity index (χ3v) is 5.07. The van der Waals surface area contributed by atoms with Gasteiger partial charge in [0.1, 0.15) is 15.6 Å². The van der Waals surface area contributed by atoms with Gasteiger partial charge in [-0.3, -0.25) is 4.79 Å². The lowest BCUT2D eigenvalue weighted by Gasteiger charge is -2.34. The van der Waals surface area contributed by atoms with E-state index in [1.165, 1.54) is 0 Å². The first-order valence-electron chi connectivity index (χ1n) is 7.24. The van der Waals surface area contributed by atoms with E-state index in [0.29, 0.717) is 19.4 Å². The maximum atomic E-state index is 12.4. The van der Waals surface area contributed by atoms with Crippen LogP contribution in [0, 0.1) is 0 Å². The Hall–Kier alpha value is -1.05. The van der Waals surface area contributed by atoms with Gasteiger partial charge < -0.3 is 15.4 Å². The molecule has 0 unspecified atom stereocenters. The van der Waals surface area contributed by atoms with Crippen LogP contribution < -0.4 is 10.6 Å². The van der Waals surface area contributed by atoms with E-state index in [-0.39, 0.29) is 11.3 Å². The zero-order chi connectivity index (χ0) is 15.5. The number of aromatic nitrogens is 2. The number of nitrogens with zero attached hydrogens (tertiary/aromatic N) is 2. The van der Waals surface area contributed by atoms with Gasteiger partial charge in [0, 0.05) is 12.5 Å². The molecular weight excluding hydrogens is 288 g/mol. The Bertz CT molecular complexity index is 489. The van der Waals surface area contributed by atoms with E-state index in [0.717, 1.165) is 23.1 Å². The van der Waals surface area contributed by atoms with Gasteiger partial charge in [0.05, 0.1) is 6.54 Å². The first-order valence-corrected chi connectivity index (χ1v) is 8.06. The molecule has 0 spiro atoms. The van der Waals surface area contributed by atoms with Crippen LogP contribution in [-0.4, -0.2) is 41.9 Å². The van der Waals surface area contributed by atoms with Crippen molar-refractivity contribution in [1.29, 1.82) is 0 Å². The van der Waals surface area contributed by atoms with Crippen LogP contribution in [0.3, 0.4) is 0 Å². The van der Waals surface area contributed by atoms with Gasteiger partial charge in [-0.2, -0.15) is 0 Å². The Labute approximate surface area is 129 Å². The van der Waals surface area contributed by atoms with Crippen LogP contribution in [0.2, 0.25) is 0 Å². The number of piperidine rings is 1. The fourth-order valence-electron chi connectivity index (χ4n) is 2.30. The average molecular weight is 312 g/mol. The van der Waals surface area contributed by atoms with Crippen LogP contribution in [0.1, 0.15) is 43.6 Å². The molecule has 0 bridgehead atoms. The van der Waals surface area contributed by atoms with Gasteiger partial charge in [-0.1, -0.05) is 32.1 Å². The second-order valence-corrected chi connectivity index (χ2v) is 7.44. The van der Waals surface area contributed by atoms with E-state index in [4.69, 9.17) is 4.74 Å². The predicted molar refractivity (Wildman–Crippen MR) is 82.3 cm³/mol. The molecule has 21 heavy (non-hydrogen) atoms. The minimum atomic E-state index is -0.706. The number of rotatable bonds is 4. The summed E-state index contributed by atoms with van der Waals surface area (Å²) in [5.74, 6) is -0.0565. The highest BCUT2D eigenvalue weighted by molar-refractivity contribution is 7.11. The Balaban J connectivity index is 1.95. The van der Waals surface area contributed by atoms with Crippen molar-refractivity contribution in [2.24, 2.45) is 0 Å². The highest BCUT2D eigenvalue weighted by Gasteiger charge is 2.39. The van der Waals surface area contributed by atoms with Gasteiger partial charge >= 0.3 is 0 Å². The number of nitrogens with one attached hydrogen (secondary N) is 2. The maximum absolute atomic E-state index is 12.4. The fraction of sp³-hybridized carbons (Fsp3) is 0.786. The summed E-state index contributed by atoms with van der Waals surface area (Å²) in [6.45, 7) is 8.31. The average Bonchev–Trinajstić information content (AvgIpc) is 2.94. The lowest BCUT2D eigenvalue weighted by atomic mass is 9.91. The minimum absolute atomic E-state index is 0.0112. The number of methoxy groups -OCH3 is 1. The first kappa shape index (κ1) is 16.3. The number of hydrogen-bond donors (Lipinski definition) is 2. The number of amides is 1. The minimum Gasteiger partial charge on any atom is -0.368 e. The van der Waals surface area contributed by atoms with Crippen molar-refractivity contribution < 1.29 is 9.53 Å². The Morgan fingerprint density at radius 1 is 1.38 bits per heavy atom. The zero-order valence-electron chi connectivity index (χ0n) is 13.2. The van der Waals surface area contributed by atoms with E-state index in [1.807, 2.05) is 0 Å². The molecule has 2 N–H and O–H groups in total. The first-order chi connectivity index (χ1) is 9.87. The standard InChI is InChI=1S/C14H24N4O2S/c1-13(2,3)12-18-17-10(21-12)9-16-11(19)14(20-4)5-7-15-8-6-14/h15H,5-9H2,1-4H3,(H,16,19). The summed E-state index contributed by atoms with van der Waals surface area (Å²) in [4.78, 5) is 12.4. The van der Waals surface area contributed by atoms with E-state index in [9.17, 15) is 4.79 Å². The molecule has 0 atom stereocenters. The van der Waals surface area contributed by atoms with Gasteiger partial charge in [-0.15, -0.1) is 10.2 Å². The van der Waals surface area contributed by atoms with Gasteiger partial charge in [0.15, 0.2) is 0 Å². The molecule has 6 nitrogen and oxygen atoms in total. The molecule has 0 aliphatic carbocycles. The molecular formula is C14H24N4O2S. The van der Waals surface area contributed by atoms with Crippen molar-refractivity contribution in [1.82, 2.24) is 20.8 Å². The van der Waals surface area contributed by atoms with Crippen LogP contribution in [0.4, 0.5) is 0 Å². The molecule has 118 valence electrons. The van der Waals surface area contributed by atoms with Gasteiger partial charge in [-0.25, -0.2) is 0 Å². The quantitative estimate of drug-likeness (QED) is 0.874. The van der Waals surface area contributed by atoms with Crippen molar-refractivity contribution in [2.45, 2.75) is 51.2 Å².